The highest BCUT2D eigenvalue weighted by atomic mass is 16.2. The molecule has 1 aliphatic heterocycles. The minimum atomic E-state index is 0.190. The highest BCUT2D eigenvalue weighted by molar-refractivity contribution is 5.96. The Labute approximate surface area is 96.2 Å². The maximum atomic E-state index is 12.2. The van der Waals surface area contributed by atoms with Crippen LogP contribution in [0.5, 0.6) is 0 Å². The van der Waals surface area contributed by atoms with Crippen molar-refractivity contribution < 1.29 is 4.79 Å². The van der Waals surface area contributed by atoms with Gasteiger partial charge < -0.3 is 10.6 Å². The third-order valence-corrected chi connectivity index (χ3v) is 3.22. The Morgan fingerprint density at radius 1 is 1.50 bits per heavy atom. The lowest BCUT2D eigenvalue weighted by atomic mass is 9.94. The summed E-state index contributed by atoms with van der Waals surface area (Å²) < 4.78 is 0. The summed E-state index contributed by atoms with van der Waals surface area (Å²) in [5, 5.41) is 0. The fourth-order valence-corrected chi connectivity index (χ4v) is 2.28. The molecule has 3 nitrogen and oxygen atoms in total. The SMILES string of the molecule is CCC1CCCN(c2cccc(N)c2)C1=O. The van der Waals surface area contributed by atoms with Crippen molar-refractivity contribution in [2.24, 2.45) is 5.92 Å². The van der Waals surface area contributed by atoms with Crippen molar-refractivity contribution >= 4 is 17.3 Å². The molecular weight excluding hydrogens is 200 g/mol. The van der Waals surface area contributed by atoms with Crippen molar-refractivity contribution in [3.8, 4) is 0 Å². The van der Waals surface area contributed by atoms with E-state index >= 15 is 0 Å². The number of carbonyl (C=O) groups excluding carboxylic acids is 1. The third-order valence-electron chi connectivity index (χ3n) is 3.22. The number of piperidine rings is 1. The summed E-state index contributed by atoms with van der Waals surface area (Å²) in [6.45, 7) is 2.89. The van der Waals surface area contributed by atoms with Gasteiger partial charge in [0, 0.05) is 23.8 Å². The van der Waals surface area contributed by atoms with Crippen molar-refractivity contribution in [3.05, 3.63) is 24.3 Å². The monoisotopic (exact) mass is 218 g/mol. The molecule has 86 valence electrons. The van der Waals surface area contributed by atoms with Crippen LogP contribution < -0.4 is 10.6 Å². The highest BCUT2D eigenvalue weighted by Gasteiger charge is 2.28. The summed E-state index contributed by atoms with van der Waals surface area (Å²) in [5.74, 6) is 0.439. The summed E-state index contributed by atoms with van der Waals surface area (Å²) in [4.78, 5) is 14.0. The Bertz CT molecular complexity index is 389. The molecule has 3 heteroatoms. The molecular formula is C13H18N2O. The topological polar surface area (TPSA) is 46.3 Å². The van der Waals surface area contributed by atoms with Crippen LogP contribution in [0.4, 0.5) is 11.4 Å². The van der Waals surface area contributed by atoms with Crippen LogP contribution in [0.15, 0.2) is 24.3 Å². The van der Waals surface area contributed by atoms with Crippen molar-refractivity contribution in [2.75, 3.05) is 17.2 Å². The standard InChI is InChI=1S/C13H18N2O/c1-2-10-5-4-8-15(13(10)16)12-7-3-6-11(14)9-12/h3,6-7,9-10H,2,4-5,8,14H2,1H3. The average molecular weight is 218 g/mol. The van der Waals surface area contributed by atoms with Gasteiger partial charge in [0.1, 0.15) is 0 Å². The first-order valence-electron chi connectivity index (χ1n) is 5.89. The van der Waals surface area contributed by atoms with Crippen molar-refractivity contribution in [1.82, 2.24) is 0 Å². The molecule has 1 unspecified atom stereocenters. The second-order valence-corrected chi connectivity index (χ2v) is 4.33. The molecule has 0 spiro atoms. The fourth-order valence-electron chi connectivity index (χ4n) is 2.28. The van der Waals surface area contributed by atoms with Crippen LogP contribution in [0.1, 0.15) is 26.2 Å². The summed E-state index contributed by atoms with van der Waals surface area (Å²) in [7, 11) is 0. The van der Waals surface area contributed by atoms with Gasteiger partial charge in [0.05, 0.1) is 0 Å². The van der Waals surface area contributed by atoms with E-state index in [1.807, 2.05) is 29.2 Å². The molecule has 1 aromatic rings. The van der Waals surface area contributed by atoms with Crippen LogP contribution in [0, 0.1) is 5.92 Å². The third kappa shape index (κ3) is 2.03. The molecule has 1 amide bonds. The molecule has 16 heavy (non-hydrogen) atoms. The molecule has 2 rings (SSSR count). The van der Waals surface area contributed by atoms with Crippen LogP contribution in [0.25, 0.3) is 0 Å². The van der Waals surface area contributed by atoms with E-state index in [4.69, 9.17) is 5.73 Å². The van der Waals surface area contributed by atoms with E-state index in [0.29, 0.717) is 5.69 Å². The second-order valence-electron chi connectivity index (χ2n) is 4.33. The summed E-state index contributed by atoms with van der Waals surface area (Å²) in [6.07, 6.45) is 3.03. The van der Waals surface area contributed by atoms with Crippen LogP contribution in [-0.2, 0) is 4.79 Å². The number of carbonyl (C=O) groups is 1. The molecule has 2 N–H and O–H groups in total. The molecule has 1 fully saturated rings. The number of nitrogens with zero attached hydrogens (tertiary/aromatic N) is 1. The zero-order chi connectivity index (χ0) is 11.5. The number of hydrogen-bond acceptors (Lipinski definition) is 2. The van der Waals surface area contributed by atoms with Gasteiger partial charge in [-0.3, -0.25) is 4.79 Å². The molecule has 0 saturated carbocycles. The molecule has 1 atom stereocenters. The first kappa shape index (κ1) is 11.0. The predicted molar refractivity (Wildman–Crippen MR) is 66.2 cm³/mol. The van der Waals surface area contributed by atoms with Crippen LogP contribution in [0.2, 0.25) is 0 Å². The van der Waals surface area contributed by atoms with Gasteiger partial charge in [-0.25, -0.2) is 0 Å². The van der Waals surface area contributed by atoms with Crippen molar-refractivity contribution in [2.45, 2.75) is 26.2 Å². The highest BCUT2D eigenvalue weighted by Crippen LogP contribution is 2.27. The van der Waals surface area contributed by atoms with E-state index < -0.39 is 0 Å². The van der Waals surface area contributed by atoms with Gasteiger partial charge in [-0.2, -0.15) is 0 Å². The van der Waals surface area contributed by atoms with Crippen LogP contribution in [0.3, 0.4) is 0 Å². The summed E-state index contributed by atoms with van der Waals surface area (Å²) in [5.41, 5.74) is 7.39. The van der Waals surface area contributed by atoms with Gasteiger partial charge in [-0.1, -0.05) is 13.0 Å². The van der Waals surface area contributed by atoms with E-state index in [9.17, 15) is 4.79 Å². The molecule has 1 aliphatic rings. The van der Waals surface area contributed by atoms with E-state index in [1.165, 1.54) is 0 Å². The van der Waals surface area contributed by atoms with E-state index in [1.54, 1.807) is 0 Å². The molecule has 1 aromatic carbocycles. The molecule has 0 bridgehead atoms. The number of anilines is 2. The van der Waals surface area contributed by atoms with Crippen molar-refractivity contribution in [3.63, 3.8) is 0 Å². The van der Waals surface area contributed by atoms with Crippen LogP contribution in [-0.4, -0.2) is 12.5 Å². The largest absolute Gasteiger partial charge is 0.399 e. The first-order valence-corrected chi connectivity index (χ1v) is 5.89. The van der Waals surface area contributed by atoms with Gasteiger partial charge in [-0.15, -0.1) is 0 Å². The minimum absolute atomic E-state index is 0.190. The van der Waals surface area contributed by atoms with Gasteiger partial charge in [-0.05, 0) is 37.5 Å². The smallest absolute Gasteiger partial charge is 0.230 e. The second kappa shape index (κ2) is 4.56. The number of rotatable bonds is 2. The van der Waals surface area contributed by atoms with Crippen molar-refractivity contribution in [1.29, 1.82) is 0 Å². The Balaban J connectivity index is 2.23. The number of hydrogen-bond donors (Lipinski definition) is 1. The molecule has 1 heterocycles. The maximum Gasteiger partial charge on any atom is 0.230 e. The fraction of sp³-hybridized carbons (Fsp3) is 0.462. The number of nitrogen functional groups attached to an aromatic ring is 1. The number of amides is 1. The van der Waals surface area contributed by atoms with Gasteiger partial charge in [0.15, 0.2) is 0 Å². The average Bonchev–Trinajstić information content (AvgIpc) is 2.29. The number of benzene rings is 1. The maximum absolute atomic E-state index is 12.2. The lowest BCUT2D eigenvalue weighted by molar-refractivity contribution is -0.123. The van der Waals surface area contributed by atoms with Crippen LogP contribution >= 0.6 is 0 Å². The Kier molecular flexibility index (Phi) is 3.13. The van der Waals surface area contributed by atoms with E-state index in [0.717, 1.165) is 31.5 Å². The molecule has 0 aromatic heterocycles. The quantitative estimate of drug-likeness (QED) is 0.775. The first-order chi connectivity index (χ1) is 7.72. The summed E-state index contributed by atoms with van der Waals surface area (Å²) in [6, 6.07) is 7.56. The molecule has 0 aliphatic carbocycles. The zero-order valence-corrected chi connectivity index (χ0v) is 9.65. The minimum Gasteiger partial charge on any atom is -0.399 e. The molecule has 0 radical (unpaired) electrons. The van der Waals surface area contributed by atoms with Gasteiger partial charge in [0.25, 0.3) is 0 Å². The predicted octanol–water partition coefficient (Wildman–Crippen LogP) is 2.42. The lowest BCUT2D eigenvalue weighted by Gasteiger charge is -2.32. The number of nitrogens with two attached hydrogens (primary N) is 1. The normalized spacial score (nSPS) is 21.2. The van der Waals surface area contributed by atoms with E-state index in [-0.39, 0.29) is 11.8 Å². The zero-order valence-electron chi connectivity index (χ0n) is 9.65. The lowest BCUT2D eigenvalue weighted by Crippen LogP contribution is -2.41. The van der Waals surface area contributed by atoms with Gasteiger partial charge >= 0.3 is 0 Å². The van der Waals surface area contributed by atoms with E-state index in [2.05, 4.69) is 6.92 Å². The Morgan fingerprint density at radius 3 is 3.00 bits per heavy atom. The Hall–Kier alpha value is -1.51. The Morgan fingerprint density at radius 2 is 2.31 bits per heavy atom. The summed E-state index contributed by atoms with van der Waals surface area (Å²) >= 11 is 0. The van der Waals surface area contributed by atoms with Gasteiger partial charge in [0.2, 0.25) is 5.91 Å². The molecule has 1 saturated heterocycles.